The summed E-state index contributed by atoms with van der Waals surface area (Å²) >= 11 is 7.16. The molecule has 20 heavy (non-hydrogen) atoms. The Morgan fingerprint density at radius 1 is 1.20 bits per heavy atom. The molecule has 0 bridgehead atoms. The minimum Gasteiger partial charge on any atom is -0.320 e. The molecule has 1 N–H and O–H groups in total. The number of carbonyl (C=O) groups is 1. The zero-order chi connectivity index (χ0) is 14.1. The summed E-state index contributed by atoms with van der Waals surface area (Å²) in [4.78, 5) is 16.3. The van der Waals surface area contributed by atoms with Crippen LogP contribution in [0.2, 0.25) is 5.02 Å². The molecule has 1 heterocycles. The van der Waals surface area contributed by atoms with Gasteiger partial charge in [0, 0.05) is 10.7 Å². The highest BCUT2D eigenvalue weighted by atomic mass is 35.5. The highest BCUT2D eigenvalue weighted by molar-refractivity contribution is 7.20. The van der Waals surface area contributed by atoms with E-state index in [1.807, 2.05) is 6.07 Å². The van der Waals surface area contributed by atoms with Crippen molar-refractivity contribution in [3.8, 4) is 0 Å². The van der Waals surface area contributed by atoms with Crippen LogP contribution in [0.25, 0.3) is 10.2 Å². The summed E-state index contributed by atoms with van der Waals surface area (Å²) < 4.78 is 13.7. The second kappa shape index (κ2) is 5.19. The van der Waals surface area contributed by atoms with Crippen molar-refractivity contribution in [2.24, 2.45) is 0 Å². The van der Waals surface area contributed by atoms with Crippen molar-refractivity contribution in [3.05, 3.63) is 58.3 Å². The van der Waals surface area contributed by atoms with Gasteiger partial charge in [-0.05, 0) is 42.5 Å². The van der Waals surface area contributed by atoms with E-state index >= 15 is 0 Å². The van der Waals surface area contributed by atoms with Gasteiger partial charge in [0.25, 0.3) is 5.91 Å². The highest BCUT2D eigenvalue weighted by Crippen LogP contribution is 2.25. The van der Waals surface area contributed by atoms with Gasteiger partial charge >= 0.3 is 0 Å². The van der Waals surface area contributed by atoms with Crippen LogP contribution in [-0.2, 0) is 0 Å². The zero-order valence-electron chi connectivity index (χ0n) is 10.1. The molecule has 3 nitrogen and oxygen atoms in total. The SMILES string of the molecule is O=C(Nc1ccc(F)cc1)c1nc2cc(Cl)ccc2s1. The average Bonchev–Trinajstić information content (AvgIpc) is 2.84. The maximum Gasteiger partial charge on any atom is 0.284 e. The van der Waals surface area contributed by atoms with Crippen LogP contribution in [0.3, 0.4) is 0 Å². The van der Waals surface area contributed by atoms with Crippen LogP contribution in [0.1, 0.15) is 9.80 Å². The topological polar surface area (TPSA) is 42.0 Å². The van der Waals surface area contributed by atoms with Gasteiger partial charge in [0.15, 0.2) is 5.01 Å². The Morgan fingerprint density at radius 2 is 1.95 bits per heavy atom. The van der Waals surface area contributed by atoms with Crippen molar-refractivity contribution >= 4 is 44.7 Å². The summed E-state index contributed by atoms with van der Waals surface area (Å²) in [6.45, 7) is 0. The Balaban J connectivity index is 1.86. The molecular weight excluding hydrogens is 299 g/mol. The molecule has 0 unspecified atom stereocenters. The highest BCUT2D eigenvalue weighted by Gasteiger charge is 2.12. The van der Waals surface area contributed by atoms with Crippen LogP contribution in [0.4, 0.5) is 10.1 Å². The van der Waals surface area contributed by atoms with Crippen molar-refractivity contribution in [3.63, 3.8) is 0 Å². The van der Waals surface area contributed by atoms with Crippen LogP contribution >= 0.6 is 22.9 Å². The lowest BCUT2D eigenvalue weighted by molar-refractivity contribution is 0.102. The molecule has 0 fully saturated rings. The lowest BCUT2D eigenvalue weighted by atomic mass is 10.3. The van der Waals surface area contributed by atoms with Gasteiger partial charge in [0.2, 0.25) is 0 Å². The standard InChI is InChI=1S/C14H8ClFN2OS/c15-8-1-6-12-11(7-8)18-14(20-12)13(19)17-10-4-2-9(16)3-5-10/h1-7H,(H,17,19). The summed E-state index contributed by atoms with van der Waals surface area (Å²) in [5.41, 5.74) is 1.21. The Kier molecular flexibility index (Phi) is 3.38. The van der Waals surface area contributed by atoms with Gasteiger partial charge < -0.3 is 5.32 Å². The van der Waals surface area contributed by atoms with Crippen LogP contribution in [0.15, 0.2) is 42.5 Å². The van der Waals surface area contributed by atoms with E-state index in [-0.39, 0.29) is 11.7 Å². The Hall–Kier alpha value is -1.98. The minimum atomic E-state index is -0.349. The molecule has 3 rings (SSSR count). The molecule has 0 atom stereocenters. The van der Waals surface area contributed by atoms with E-state index in [1.54, 1.807) is 12.1 Å². The van der Waals surface area contributed by atoms with Crippen LogP contribution in [-0.4, -0.2) is 10.9 Å². The van der Waals surface area contributed by atoms with E-state index in [1.165, 1.54) is 35.6 Å². The smallest absolute Gasteiger partial charge is 0.284 e. The Bertz CT molecular complexity index is 785. The summed E-state index contributed by atoms with van der Waals surface area (Å²) in [5, 5.41) is 3.59. The second-order valence-corrected chi connectivity index (χ2v) is 5.56. The molecular formula is C14H8ClFN2OS. The largest absolute Gasteiger partial charge is 0.320 e. The number of nitrogens with zero attached hydrogens (tertiary/aromatic N) is 1. The number of nitrogens with one attached hydrogen (secondary N) is 1. The maximum absolute atomic E-state index is 12.8. The maximum atomic E-state index is 12.8. The molecule has 0 radical (unpaired) electrons. The predicted molar refractivity (Wildman–Crippen MR) is 79.0 cm³/mol. The first kappa shape index (κ1) is 13.0. The number of aromatic nitrogens is 1. The fourth-order valence-corrected chi connectivity index (χ4v) is 2.72. The van der Waals surface area contributed by atoms with Gasteiger partial charge in [-0.1, -0.05) is 11.6 Å². The molecule has 6 heteroatoms. The molecule has 2 aromatic carbocycles. The van der Waals surface area contributed by atoms with Gasteiger partial charge in [0.05, 0.1) is 10.2 Å². The number of benzene rings is 2. The number of halogens is 2. The van der Waals surface area contributed by atoms with Gasteiger partial charge in [-0.25, -0.2) is 9.37 Å². The summed E-state index contributed by atoms with van der Waals surface area (Å²) in [6, 6.07) is 10.9. The van der Waals surface area contributed by atoms with E-state index in [0.29, 0.717) is 21.2 Å². The van der Waals surface area contributed by atoms with E-state index in [2.05, 4.69) is 10.3 Å². The Morgan fingerprint density at radius 3 is 2.70 bits per heavy atom. The molecule has 0 saturated carbocycles. The van der Waals surface area contributed by atoms with Crippen molar-refractivity contribution in [2.75, 3.05) is 5.32 Å². The first-order valence-corrected chi connectivity index (χ1v) is 6.94. The lowest BCUT2D eigenvalue weighted by Gasteiger charge is -2.01. The monoisotopic (exact) mass is 306 g/mol. The van der Waals surface area contributed by atoms with Gasteiger partial charge in [-0.15, -0.1) is 11.3 Å². The number of carbonyl (C=O) groups excluding carboxylic acids is 1. The van der Waals surface area contributed by atoms with E-state index in [0.717, 1.165) is 4.70 Å². The van der Waals surface area contributed by atoms with Gasteiger partial charge in [-0.3, -0.25) is 4.79 Å². The molecule has 1 aromatic heterocycles. The first-order chi connectivity index (χ1) is 9.61. The first-order valence-electron chi connectivity index (χ1n) is 5.75. The number of fused-ring (bicyclic) bond motifs is 1. The fourth-order valence-electron chi connectivity index (χ4n) is 1.72. The number of hydrogen-bond donors (Lipinski definition) is 1. The number of anilines is 1. The van der Waals surface area contributed by atoms with Crippen molar-refractivity contribution in [2.45, 2.75) is 0 Å². The zero-order valence-corrected chi connectivity index (χ0v) is 11.6. The van der Waals surface area contributed by atoms with E-state index in [4.69, 9.17) is 11.6 Å². The van der Waals surface area contributed by atoms with Crippen molar-refractivity contribution < 1.29 is 9.18 Å². The molecule has 0 spiro atoms. The summed E-state index contributed by atoms with van der Waals surface area (Å²) in [7, 11) is 0. The third-order valence-corrected chi connectivity index (χ3v) is 3.92. The Labute approximate surface area is 123 Å². The van der Waals surface area contributed by atoms with Crippen molar-refractivity contribution in [1.29, 1.82) is 0 Å². The van der Waals surface area contributed by atoms with Crippen LogP contribution in [0, 0.1) is 5.82 Å². The molecule has 0 aliphatic heterocycles. The average molecular weight is 307 g/mol. The van der Waals surface area contributed by atoms with E-state index < -0.39 is 0 Å². The third-order valence-electron chi connectivity index (χ3n) is 2.65. The van der Waals surface area contributed by atoms with Gasteiger partial charge in [0.1, 0.15) is 5.82 Å². The van der Waals surface area contributed by atoms with Crippen LogP contribution in [0.5, 0.6) is 0 Å². The van der Waals surface area contributed by atoms with Crippen molar-refractivity contribution in [1.82, 2.24) is 4.98 Å². The molecule has 0 aliphatic rings. The number of amides is 1. The molecule has 0 saturated heterocycles. The molecule has 3 aromatic rings. The normalized spacial score (nSPS) is 10.7. The van der Waals surface area contributed by atoms with Gasteiger partial charge in [-0.2, -0.15) is 0 Å². The number of rotatable bonds is 2. The second-order valence-electron chi connectivity index (χ2n) is 4.09. The fraction of sp³-hybridized carbons (Fsp3) is 0. The predicted octanol–water partition coefficient (Wildman–Crippen LogP) is 4.34. The summed E-state index contributed by atoms with van der Waals surface area (Å²) in [6.07, 6.45) is 0. The lowest BCUT2D eigenvalue weighted by Crippen LogP contribution is -2.11. The number of hydrogen-bond acceptors (Lipinski definition) is 3. The molecule has 1 amide bonds. The minimum absolute atomic E-state index is 0.325. The molecule has 0 aliphatic carbocycles. The van der Waals surface area contributed by atoms with Crippen LogP contribution < -0.4 is 5.32 Å². The third kappa shape index (κ3) is 2.64. The number of thiazole rings is 1. The molecule has 100 valence electrons. The van der Waals surface area contributed by atoms with E-state index in [9.17, 15) is 9.18 Å². The quantitative estimate of drug-likeness (QED) is 0.765. The summed E-state index contributed by atoms with van der Waals surface area (Å²) in [5.74, 6) is -0.674.